The first-order valence-electron chi connectivity index (χ1n) is 11.6. The van der Waals surface area contributed by atoms with E-state index >= 15 is 0 Å². The van der Waals surface area contributed by atoms with Gasteiger partial charge in [-0.1, -0.05) is 35.5 Å². The van der Waals surface area contributed by atoms with Crippen molar-refractivity contribution in [2.75, 3.05) is 31.8 Å². The summed E-state index contributed by atoms with van der Waals surface area (Å²) in [6, 6.07) is 17.0. The number of aromatic nitrogens is 4. The van der Waals surface area contributed by atoms with E-state index in [1.165, 1.54) is 9.58 Å². The minimum atomic E-state index is -1.03. The van der Waals surface area contributed by atoms with Crippen molar-refractivity contribution in [1.82, 2.24) is 25.3 Å². The molecular formula is C26H28N6O4. The molecule has 1 N–H and O–H groups in total. The second kappa shape index (κ2) is 11.9. The average Bonchev–Trinajstić information content (AvgIpc) is 3.31. The first-order valence-corrected chi connectivity index (χ1v) is 11.6. The van der Waals surface area contributed by atoms with Crippen LogP contribution in [0.1, 0.15) is 18.5 Å². The largest absolute Gasteiger partial charge is 0.493 e. The molecule has 0 aliphatic carbocycles. The third-order valence-corrected chi connectivity index (χ3v) is 5.52. The predicted octanol–water partition coefficient (Wildman–Crippen LogP) is 2.76. The monoisotopic (exact) mass is 488 g/mol. The summed E-state index contributed by atoms with van der Waals surface area (Å²) in [5.41, 5.74) is 2.40. The van der Waals surface area contributed by atoms with Gasteiger partial charge in [0.05, 0.1) is 30.6 Å². The van der Waals surface area contributed by atoms with Crippen LogP contribution in [0.4, 0.5) is 5.69 Å². The van der Waals surface area contributed by atoms with Crippen LogP contribution in [0.2, 0.25) is 0 Å². The van der Waals surface area contributed by atoms with Crippen LogP contribution in [-0.2, 0) is 20.9 Å². The Morgan fingerprint density at radius 1 is 1.08 bits per heavy atom. The van der Waals surface area contributed by atoms with E-state index in [0.717, 1.165) is 0 Å². The molecule has 2 amide bonds. The zero-order chi connectivity index (χ0) is 25.3. The van der Waals surface area contributed by atoms with Crippen LogP contribution in [-0.4, -0.2) is 58.7 Å². The summed E-state index contributed by atoms with van der Waals surface area (Å²) in [4.78, 5) is 33.2. The van der Waals surface area contributed by atoms with Gasteiger partial charge in [0.15, 0.2) is 0 Å². The van der Waals surface area contributed by atoms with Gasteiger partial charge < -0.3 is 14.8 Å². The van der Waals surface area contributed by atoms with E-state index in [-0.39, 0.29) is 24.9 Å². The topological polar surface area (TPSA) is 111 Å². The maximum atomic E-state index is 13.9. The van der Waals surface area contributed by atoms with Gasteiger partial charge in [-0.05, 0) is 37.3 Å². The van der Waals surface area contributed by atoms with Gasteiger partial charge in [-0.25, -0.2) is 4.68 Å². The number of rotatable bonds is 11. The van der Waals surface area contributed by atoms with E-state index in [4.69, 9.17) is 9.47 Å². The number of amides is 2. The number of para-hydroxylation sites is 2. The molecular weight excluding hydrogens is 460 g/mol. The smallest absolute Gasteiger partial charge is 0.249 e. The number of ether oxygens (including phenoxy) is 2. The molecule has 10 nitrogen and oxygen atoms in total. The van der Waals surface area contributed by atoms with E-state index in [2.05, 4.69) is 20.6 Å². The van der Waals surface area contributed by atoms with Gasteiger partial charge in [-0.2, -0.15) is 0 Å². The number of hydrogen-bond donors (Lipinski definition) is 1. The lowest BCUT2D eigenvalue weighted by Crippen LogP contribution is -2.46. The molecule has 2 aromatic heterocycles. The number of benzene rings is 2. The quantitative estimate of drug-likeness (QED) is 0.323. The lowest BCUT2D eigenvalue weighted by Gasteiger charge is -2.32. The summed E-state index contributed by atoms with van der Waals surface area (Å²) in [5.74, 6) is -0.225. The summed E-state index contributed by atoms with van der Waals surface area (Å²) in [6.07, 6.45) is 3.16. The van der Waals surface area contributed by atoms with Crippen molar-refractivity contribution in [2.45, 2.75) is 19.5 Å². The second-order valence-corrected chi connectivity index (χ2v) is 7.87. The van der Waals surface area contributed by atoms with Crippen molar-refractivity contribution < 1.29 is 19.1 Å². The van der Waals surface area contributed by atoms with Crippen LogP contribution >= 0.6 is 0 Å². The number of fused-ring (bicyclic) bond motifs is 1. The molecule has 2 aromatic carbocycles. The molecule has 0 fully saturated rings. The Hall–Kier alpha value is -4.31. The van der Waals surface area contributed by atoms with E-state index < -0.39 is 6.04 Å². The van der Waals surface area contributed by atoms with Crippen molar-refractivity contribution in [3.8, 4) is 5.75 Å². The predicted molar refractivity (Wildman–Crippen MR) is 134 cm³/mol. The molecule has 0 aliphatic heterocycles. The van der Waals surface area contributed by atoms with Crippen molar-refractivity contribution in [3.05, 3.63) is 78.6 Å². The van der Waals surface area contributed by atoms with Gasteiger partial charge in [0.25, 0.3) is 0 Å². The number of nitrogens with zero attached hydrogens (tertiary/aromatic N) is 5. The fourth-order valence-electron chi connectivity index (χ4n) is 3.94. The van der Waals surface area contributed by atoms with Crippen LogP contribution < -0.4 is 15.0 Å². The van der Waals surface area contributed by atoms with Gasteiger partial charge >= 0.3 is 0 Å². The zero-order valence-corrected chi connectivity index (χ0v) is 20.2. The molecule has 1 atom stereocenters. The number of nitrogens with one attached hydrogen (secondary N) is 1. The molecule has 10 heteroatoms. The Bertz CT molecular complexity index is 1310. The first kappa shape index (κ1) is 24.8. The molecule has 36 heavy (non-hydrogen) atoms. The highest BCUT2D eigenvalue weighted by Gasteiger charge is 2.35. The van der Waals surface area contributed by atoms with Gasteiger partial charge in [0.2, 0.25) is 11.8 Å². The SMILES string of the molecule is CCOc1ccccc1[C@H](C(=O)NCCOC)N(C(=O)Cn1nnc2ccccc21)c1cccnc1. The lowest BCUT2D eigenvalue weighted by atomic mass is 10.0. The van der Waals surface area contributed by atoms with Crippen LogP contribution in [0.5, 0.6) is 5.75 Å². The highest BCUT2D eigenvalue weighted by molar-refractivity contribution is 6.01. The van der Waals surface area contributed by atoms with Gasteiger partial charge in [0, 0.05) is 25.4 Å². The Morgan fingerprint density at radius 3 is 2.67 bits per heavy atom. The normalized spacial score (nSPS) is 11.7. The number of hydrogen-bond acceptors (Lipinski definition) is 7. The third kappa shape index (κ3) is 5.49. The Labute approximate surface area is 208 Å². The summed E-state index contributed by atoms with van der Waals surface area (Å²) in [6.45, 7) is 2.75. The summed E-state index contributed by atoms with van der Waals surface area (Å²) < 4.78 is 12.5. The molecule has 0 aliphatic rings. The highest BCUT2D eigenvalue weighted by Crippen LogP contribution is 2.33. The van der Waals surface area contributed by atoms with Crippen molar-refractivity contribution >= 4 is 28.5 Å². The van der Waals surface area contributed by atoms with Crippen LogP contribution in [0, 0.1) is 0 Å². The molecule has 0 radical (unpaired) electrons. The number of pyridine rings is 1. The van der Waals surface area contributed by atoms with E-state index in [9.17, 15) is 9.59 Å². The third-order valence-electron chi connectivity index (χ3n) is 5.52. The van der Waals surface area contributed by atoms with Crippen molar-refractivity contribution in [3.63, 3.8) is 0 Å². The van der Waals surface area contributed by atoms with Gasteiger partial charge in [0.1, 0.15) is 23.9 Å². The number of carbonyl (C=O) groups excluding carboxylic acids is 2. The minimum Gasteiger partial charge on any atom is -0.493 e. The van der Waals surface area contributed by atoms with Crippen molar-refractivity contribution in [2.24, 2.45) is 0 Å². The Balaban J connectivity index is 1.79. The van der Waals surface area contributed by atoms with E-state index in [1.54, 1.807) is 43.8 Å². The van der Waals surface area contributed by atoms with Crippen molar-refractivity contribution in [1.29, 1.82) is 0 Å². The maximum absolute atomic E-state index is 13.9. The Morgan fingerprint density at radius 2 is 1.89 bits per heavy atom. The second-order valence-electron chi connectivity index (χ2n) is 7.87. The summed E-state index contributed by atoms with van der Waals surface area (Å²) in [5, 5.41) is 11.2. The molecule has 0 saturated heterocycles. The minimum absolute atomic E-state index is 0.131. The summed E-state index contributed by atoms with van der Waals surface area (Å²) in [7, 11) is 1.56. The maximum Gasteiger partial charge on any atom is 0.249 e. The van der Waals surface area contributed by atoms with Crippen LogP contribution in [0.15, 0.2) is 73.1 Å². The van der Waals surface area contributed by atoms with Gasteiger partial charge in [-0.15, -0.1) is 5.10 Å². The lowest BCUT2D eigenvalue weighted by molar-refractivity contribution is -0.127. The number of carbonyl (C=O) groups is 2. The molecule has 4 aromatic rings. The number of methoxy groups -OCH3 is 1. The fraction of sp³-hybridized carbons (Fsp3) is 0.269. The molecule has 4 rings (SSSR count). The first-order chi connectivity index (χ1) is 17.6. The van der Waals surface area contributed by atoms with Gasteiger partial charge in [-0.3, -0.25) is 19.5 Å². The van der Waals surface area contributed by atoms with Crippen LogP contribution in [0.3, 0.4) is 0 Å². The molecule has 2 heterocycles. The van der Waals surface area contributed by atoms with E-state index in [1.807, 2.05) is 43.3 Å². The molecule has 0 spiro atoms. The fourth-order valence-corrected chi connectivity index (χ4v) is 3.94. The molecule has 0 unspecified atom stereocenters. The molecule has 186 valence electrons. The molecule has 0 saturated carbocycles. The summed E-state index contributed by atoms with van der Waals surface area (Å²) >= 11 is 0. The standard InChI is InChI=1S/C26H28N6O4/c1-3-36-23-13-7-4-10-20(23)25(26(34)28-15-16-35-2)32(19-9-8-14-27-17-19)24(33)18-31-22-12-6-5-11-21(22)29-30-31/h4-14,17,25H,3,15-16,18H2,1-2H3,(H,28,34)/t25-/m1/s1. The number of anilines is 1. The zero-order valence-electron chi connectivity index (χ0n) is 20.2. The Kier molecular flexibility index (Phi) is 8.20. The van der Waals surface area contributed by atoms with E-state index in [0.29, 0.717) is 41.2 Å². The average molecular weight is 489 g/mol. The molecule has 0 bridgehead atoms. The van der Waals surface area contributed by atoms with Crippen LogP contribution in [0.25, 0.3) is 11.0 Å². The highest BCUT2D eigenvalue weighted by atomic mass is 16.5.